The highest BCUT2D eigenvalue weighted by Gasteiger charge is 2.11. The third-order valence-corrected chi connectivity index (χ3v) is 2.58. The van der Waals surface area contributed by atoms with Crippen molar-refractivity contribution in [2.45, 2.75) is 20.3 Å². The van der Waals surface area contributed by atoms with Gasteiger partial charge in [0.15, 0.2) is 0 Å². The van der Waals surface area contributed by atoms with Gasteiger partial charge in [0.05, 0.1) is 18.0 Å². The SMILES string of the molecule is CCC(C)C(=O)OCCNc1ncccc1C#N. The minimum Gasteiger partial charge on any atom is -0.464 e. The van der Waals surface area contributed by atoms with Gasteiger partial charge in [0.25, 0.3) is 0 Å². The molecule has 1 atom stereocenters. The number of carbonyl (C=O) groups is 1. The number of carbonyl (C=O) groups excluding carboxylic acids is 1. The van der Waals surface area contributed by atoms with Crippen LogP contribution in [-0.2, 0) is 9.53 Å². The Balaban J connectivity index is 2.34. The van der Waals surface area contributed by atoms with Gasteiger partial charge in [-0.05, 0) is 18.6 Å². The van der Waals surface area contributed by atoms with E-state index in [2.05, 4.69) is 10.3 Å². The van der Waals surface area contributed by atoms with Gasteiger partial charge in [-0.25, -0.2) is 4.98 Å². The van der Waals surface area contributed by atoms with Crippen molar-refractivity contribution in [2.24, 2.45) is 5.92 Å². The Kier molecular flexibility index (Phi) is 5.65. The third kappa shape index (κ3) is 4.06. The van der Waals surface area contributed by atoms with Crippen molar-refractivity contribution < 1.29 is 9.53 Å². The molecular formula is C13H17N3O2. The maximum atomic E-state index is 11.4. The molecule has 0 fully saturated rings. The average molecular weight is 247 g/mol. The summed E-state index contributed by atoms with van der Waals surface area (Å²) < 4.78 is 5.08. The summed E-state index contributed by atoms with van der Waals surface area (Å²) in [7, 11) is 0. The van der Waals surface area contributed by atoms with Crippen molar-refractivity contribution in [1.82, 2.24) is 4.98 Å². The predicted octanol–water partition coefficient (Wildman–Crippen LogP) is 1.95. The summed E-state index contributed by atoms with van der Waals surface area (Å²) in [6.45, 7) is 4.48. The van der Waals surface area contributed by atoms with E-state index in [1.807, 2.05) is 19.9 Å². The number of pyridine rings is 1. The van der Waals surface area contributed by atoms with Gasteiger partial charge in [-0.2, -0.15) is 5.26 Å². The Morgan fingerprint density at radius 3 is 3.11 bits per heavy atom. The quantitative estimate of drug-likeness (QED) is 0.614. The second-order valence-corrected chi connectivity index (χ2v) is 3.91. The first-order chi connectivity index (χ1) is 8.69. The van der Waals surface area contributed by atoms with Crippen LogP contribution in [0.15, 0.2) is 18.3 Å². The first-order valence-corrected chi connectivity index (χ1v) is 5.94. The maximum Gasteiger partial charge on any atom is 0.308 e. The number of hydrogen-bond acceptors (Lipinski definition) is 5. The van der Waals surface area contributed by atoms with E-state index >= 15 is 0 Å². The van der Waals surface area contributed by atoms with Crippen molar-refractivity contribution in [3.05, 3.63) is 23.9 Å². The van der Waals surface area contributed by atoms with Crippen LogP contribution < -0.4 is 5.32 Å². The highest BCUT2D eigenvalue weighted by molar-refractivity contribution is 5.71. The first-order valence-electron chi connectivity index (χ1n) is 5.94. The number of ether oxygens (including phenoxy) is 1. The topological polar surface area (TPSA) is 75.0 Å². The Labute approximate surface area is 107 Å². The molecule has 0 saturated carbocycles. The molecule has 0 aromatic carbocycles. The van der Waals surface area contributed by atoms with E-state index in [1.54, 1.807) is 18.3 Å². The van der Waals surface area contributed by atoms with Crippen LogP contribution in [0.2, 0.25) is 0 Å². The van der Waals surface area contributed by atoms with Gasteiger partial charge >= 0.3 is 5.97 Å². The van der Waals surface area contributed by atoms with Gasteiger partial charge in [0, 0.05) is 6.20 Å². The molecule has 0 amide bonds. The van der Waals surface area contributed by atoms with Crippen LogP contribution in [0.1, 0.15) is 25.8 Å². The number of anilines is 1. The molecule has 5 heteroatoms. The summed E-state index contributed by atoms with van der Waals surface area (Å²) in [5, 5.41) is 11.8. The van der Waals surface area contributed by atoms with Gasteiger partial charge in [0.2, 0.25) is 0 Å². The Hall–Kier alpha value is -2.09. The molecule has 0 aliphatic heterocycles. The normalized spacial score (nSPS) is 11.4. The smallest absolute Gasteiger partial charge is 0.308 e. The molecule has 1 rings (SSSR count). The van der Waals surface area contributed by atoms with E-state index in [0.29, 0.717) is 17.9 Å². The fourth-order valence-corrected chi connectivity index (χ4v) is 1.27. The largest absolute Gasteiger partial charge is 0.464 e. The van der Waals surface area contributed by atoms with Crippen LogP contribution in [0.4, 0.5) is 5.82 Å². The molecule has 1 aromatic rings. The summed E-state index contributed by atoms with van der Waals surface area (Å²) in [6.07, 6.45) is 2.37. The van der Waals surface area contributed by atoms with Gasteiger partial charge in [-0.1, -0.05) is 13.8 Å². The molecule has 0 aliphatic rings. The van der Waals surface area contributed by atoms with Gasteiger partial charge in [-0.3, -0.25) is 4.79 Å². The molecule has 18 heavy (non-hydrogen) atoms. The molecule has 5 nitrogen and oxygen atoms in total. The minimum absolute atomic E-state index is 0.0745. The highest BCUT2D eigenvalue weighted by Crippen LogP contribution is 2.09. The summed E-state index contributed by atoms with van der Waals surface area (Å²) in [6, 6.07) is 5.42. The standard InChI is InChI=1S/C13H17N3O2/c1-3-10(2)13(17)18-8-7-16-12-11(9-14)5-4-6-15-12/h4-6,10H,3,7-8H2,1-2H3,(H,15,16). The van der Waals surface area contributed by atoms with Gasteiger partial charge in [0.1, 0.15) is 18.5 Å². The molecule has 1 aromatic heterocycles. The zero-order valence-corrected chi connectivity index (χ0v) is 10.6. The molecule has 1 unspecified atom stereocenters. The Morgan fingerprint density at radius 1 is 1.67 bits per heavy atom. The monoisotopic (exact) mass is 247 g/mol. The third-order valence-electron chi connectivity index (χ3n) is 2.58. The van der Waals surface area contributed by atoms with Crippen molar-refractivity contribution in [3.8, 4) is 6.07 Å². The van der Waals surface area contributed by atoms with Crippen LogP contribution in [0.3, 0.4) is 0 Å². The highest BCUT2D eigenvalue weighted by atomic mass is 16.5. The maximum absolute atomic E-state index is 11.4. The second-order valence-electron chi connectivity index (χ2n) is 3.91. The van der Waals surface area contributed by atoms with Crippen LogP contribution in [0.5, 0.6) is 0 Å². The average Bonchev–Trinajstić information content (AvgIpc) is 2.42. The van der Waals surface area contributed by atoms with E-state index in [1.165, 1.54) is 0 Å². The molecule has 1 N–H and O–H groups in total. The van der Waals surface area contributed by atoms with Gasteiger partial charge in [-0.15, -0.1) is 0 Å². The first kappa shape index (κ1) is 14.0. The number of nitrogens with zero attached hydrogens (tertiary/aromatic N) is 2. The summed E-state index contributed by atoms with van der Waals surface area (Å²) >= 11 is 0. The van der Waals surface area contributed by atoms with E-state index in [4.69, 9.17) is 10.00 Å². The van der Waals surface area contributed by atoms with E-state index < -0.39 is 0 Å². The molecule has 0 bridgehead atoms. The van der Waals surface area contributed by atoms with Crippen molar-refractivity contribution in [3.63, 3.8) is 0 Å². The zero-order valence-electron chi connectivity index (χ0n) is 10.6. The summed E-state index contributed by atoms with van der Waals surface area (Å²) in [5.41, 5.74) is 0.478. The van der Waals surface area contributed by atoms with E-state index in [9.17, 15) is 4.79 Å². The lowest BCUT2D eigenvalue weighted by Crippen LogP contribution is -2.19. The fourth-order valence-electron chi connectivity index (χ4n) is 1.27. The number of hydrogen-bond donors (Lipinski definition) is 1. The number of nitriles is 1. The lowest BCUT2D eigenvalue weighted by atomic mass is 10.1. The van der Waals surface area contributed by atoms with Crippen LogP contribution in [0, 0.1) is 17.2 Å². The number of rotatable bonds is 6. The van der Waals surface area contributed by atoms with Crippen molar-refractivity contribution in [1.29, 1.82) is 5.26 Å². The lowest BCUT2D eigenvalue weighted by Gasteiger charge is -2.10. The number of aromatic nitrogens is 1. The van der Waals surface area contributed by atoms with Crippen molar-refractivity contribution >= 4 is 11.8 Å². The second kappa shape index (κ2) is 7.28. The molecular weight excluding hydrogens is 230 g/mol. The van der Waals surface area contributed by atoms with E-state index in [-0.39, 0.29) is 18.5 Å². The molecule has 0 spiro atoms. The zero-order chi connectivity index (χ0) is 13.4. The molecule has 1 heterocycles. The lowest BCUT2D eigenvalue weighted by molar-refractivity contribution is -0.147. The predicted molar refractivity (Wildman–Crippen MR) is 67.9 cm³/mol. The molecule has 0 aliphatic carbocycles. The Bertz CT molecular complexity index is 440. The van der Waals surface area contributed by atoms with Gasteiger partial charge < -0.3 is 10.1 Å². The summed E-state index contributed by atoms with van der Waals surface area (Å²) in [4.78, 5) is 15.4. The molecule has 0 radical (unpaired) electrons. The van der Waals surface area contributed by atoms with Crippen LogP contribution >= 0.6 is 0 Å². The van der Waals surface area contributed by atoms with Crippen molar-refractivity contribution in [2.75, 3.05) is 18.5 Å². The molecule has 96 valence electrons. The fraction of sp³-hybridized carbons (Fsp3) is 0.462. The van der Waals surface area contributed by atoms with Crippen LogP contribution in [-0.4, -0.2) is 24.1 Å². The minimum atomic E-state index is -0.194. The number of nitrogens with one attached hydrogen (secondary N) is 1. The van der Waals surface area contributed by atoms with E-state index in [0.717, 1.165) is 6.42 Å². The summed E-state index contributed by atoms with van der Waals surface area (Å²) in [5.74, 6) is 0.245. The van der Waals surface area contributed by atoms with Crippen LogP contribution in [0.25, 0.3) is 0 Å². The molecule has 0 saturated heterocycles. The number of esters is 1. The Morgan fingerprint density at radius 2 is 2.44 bits per heavy atom.